The SMILES string of the molecule is NNc1ccc(S(=O)(=O)Nc2ccc3c(c2)C2(CCCC2)C(=O)N3)cn1. The number of nitrogens with zero attached hydrogens (tertiary/aromatic N) is 1. The van der Waals surface area contributed by atoms with Crippen molar-refractivity contribution in [3.05, 3.63) is 42.1 Å². The van der Waals surface area contributed by atoms with Crippen LogP contribution in [0.15, 0.2) is 41.4 Å². The maximum Gasteiger partial charge on any atom is 0.263 e. The van der Waals surface area contributed by atoms with E-state index in [1.807, 2.05) is 0 Å². The number of anilines is 3. The molecule has 26 heavy (non-hydrogen) atoms. The number of nitrogen functional groups attached to an aromatic ring is 1. The molecule has 1 aliphatic heterocycles. The third-order valence-electron chi connectivity index (χ3n) is 5.12. The molecule has 8 nitrogen and oxygen atoms in total. The van der Waals surface area contributed by atoms with Crippen molar-refractivity contribution in [3.8, 4) is 0 Å². The number of carbonyl (C=O) groups is 1. The Kier molecular flexibility index (Phi) is 3.85. The Hall–Kier alpha value is -2.65. The largest absolute Gasteiger partial charge is 0.325 e. The molecule has 4 rings (SSSR count). The quantitative estimate of drug-likeness (QED) is 0.479. The molecule has 1 spiro atoms. The molecule has 2 aliphatic rings. The zero-order chi connectivity index (χ0) is 18.4. The third-order valence-corrected chi connectivity index (χ3v) is 6.49. The second-order valence-corrected chi connectivity index (χ2v) is 8.32. The number of hydrazine groups is 1. The van der Waals surface area contributed by atoms with Gasteiger partial charge in [0.1, 0.15) is 10.7 Å². The van der Waals surface area contributed by atoms with Gasteiger partial charge in [0, 0.05) is 17.6 Å². The Balaban J connectivity index is 1.65. The van der Waals surface area contributed by atoms with Crippen LogP contribution in [-0.4, -0.2) is 19.3 Å². The van der Waals surface area contributed by atoms with Crippen LogP contribution in [0.25, 0.3) is 0 Å². The molecule has 2 aromatic rings. The fourth-order valence-electron chi connectivity index (χ4n) is 3.79. The number of carbonyl (C=O) groups excluding carboxylic acids is 1. The van der Waals surface area contributed by atoms with Gasteiger partial charge in [-0.1, -0.05) is 12.8 Å². The molecule has 0 unspecified atom stereocenters. The highest BCUT2D eigenvalue weighted by Crippen LogP contribution is 2.49. The van der Waals surface area contributed by atoms with Crippen molar-refractivity contribution in [1.29, 1.82) is 0 Å². The number of benzene rings is 1. The average molecular weight is 373 g/mol. The zero-order valence-electron chi connectivity index (χ0n) is 14.0. The van der Waals surface area contributed by atoms with E-state index in [0.717, 1.165) is 36.9 Å². The minimum absolute atomic E-state index is 0.0130. The first-order valence-corrected chi connectivity index (χ1v) is 9.84. The summed E-state index contributed by atoms with van der Waals surface area (Å²) >= 11 is 0. The lowest BCUT2D eigenvalue weighted by Gasteiger charge is -2.21. The maximum absolute atomic E-state index is 12.6. The van der Waals surface area contributed by atoms with Crippen molar-refractivity contribution in [1.82, 2.24) is 4.98 Å². The first kappa shape index (κ1) is 16.8. The van der Waals surface area contributed by atoms with Crippen LogP contribution < -0.4 is 21.3 Å². The van der Waals surface area contributed by atoms with Crippen LogP contribution in [0.2, 0.25) is 0 Å². The van der Waals surface area contributed by atoms with Gasteiger partial charge in [0.15, 0.2) is 0 Å². The summed E-state index contributed by atoms with van der Waals surface area (Å²) in [5.74, 6) is 5.62. The Morgan fingerprint density at radius 3 is 2.58 bits per heavy atom. The summed E-state index contributed by atoms with van der Waals surface area (Å²) in [6, 6.07) is 8.06. The fraction of sp³-hybridized carbons (Fsp3) is 0.294. The molecule has 1 saturated carbocycles. The molecule has 5 N–H and O–H groups in total. The minimum atomic E-state index is -3.79. The molecular formula is C17H19N5O3S. The standard InChI is InChI=1S/C17H19N5O3S/c18-21-15-6-4-12(10-19-15)26(24,25)22-11-3-5-14-13(9-11)17(16(23)20-14)7-1-2-8-17/h3-6,9-10,22H,1-2,7-8,18H2,(H,19,21)(H,20,23). The van der Waals surface area contributed by atoms with E-state index >= 15 is 0 Å². The molecule has 1 fully saturated rings. The van der Waals surface area contributed by atoms with Gasteiger partial charge in [0.05, 0.1) is 5.41 Å². The van der Waals surface area contributed by atoms with E-state index in [0.29, 0.717) is 11.5 Å². The average Bonchev–Trinajstić information content (AvgIpc) is 3.22. The van der Waals surface area contributed by atoms with Crippen LogP contribution in [-0.2, 0) is 20.2 Å². The summed E-state index contributed by atoms with van der Waals surface area (Å²) in [5.41, 5.74) is 3.89. The highest BCUT2D eigenvalue weighted by atomic mass is 32.2. The van der Waals surface area contributed by atoms with Crippen molar-refractivity contribution in [2.24, 2.45) is 5.84 Å². The van der Waals surface area contributed by atoms with Crippen LogP contribution >= 0.6 is 0 Å². The van der Waals surface area contributed by atoms with Crippen molar-refractivity contribution >= 4 is 33.1 Å². The van der Waals surface area contributed by atoms with Gasteiger partial charge in [-0.3, -0.25) is 9.52 Å². The molecule has 0 atom stereocenters. The number of amides is 1. The summed E-state index contributed by atoms with van der Waals surface area (Å²) in [4.78, 5) is 16.4. The lowest BCUT2D eigenvalue weighted by Crippen LogP contribution is -2.31. The van der Waals surface area contributed by atoms with E-state index < -0.39 is 15.4 Å². The predicted molar refractivity (Wildman–Crippen MR) is 98.1 cm³/mol. The molecule has 0 bridgehead atoms. The number of aromatic nitrogens is 1. The van der Waals surface area contributed by atoms with Crippen LogP contribution in [0, 0.1) is 0 Å². The van der Waals surface area contributed by atoms with E-state index in [9.17, 15) is 13.2 Å². The molecular weight excluding hydrogens is 354 g/mol. The topological polar surface area (TPSA) is 126 Å². The predicted octanol–water partition coefficient (Wildman–Crippen LogP) is 1.93. The zero-order valence-corrected chi connectivity index (χ0v) is 14.8. The monoisotopic (exact) mass is 373 g/mol. The van der Waals surface area contributed by atoms with E-state index in [1.165, 1.54) is 18.3 Å². The number of rotatable bonds is 4. The van der Waals surface area contributed by atoms with E-state index in [4.69, 9.17) is 5.84 Å². The van der Waals surface area contributed by atoms with Gasteiger partial charge in [-0.2, -0.15) is 0 Å². The van der Waals surface area contributed by atoms with Crippen molar-refractivity contribution in [2.45, 2.75) is 36.0 Å². The van der Waals surface area contributed by atoms with Crippen LogP contribution in [0.4, 0.5) is 17.2 Å². The smallest absolute Gasteiger partial charge is 0.263 e. The number of nitrogens with one attached hydrogen (secondary N) is 3. The van der Waals surface area contributed by atoms with E-state index in [2.05, 4.69) is 20.4 Å². The molecule has 1 aliphatic carbocycles. The highest BCUT2D eigenvalue weighted by Gasteiger charge is 2.48. The number of hydrogen-bond acceptors (Lipinski definition) is 6. The molecule has 0 radical (unpaired) electrons. The lowest BCUT2D eigenvalue weighted by atomic mass is 9.80. The number of sulfonamides is 1. The molecule has 1 aromatic carbocycles. The Labute approximate surface area is 151 Å². The van der Waals surface area contributed by atoms with Crippen molar-refractivity contribution in [2.75, 3.05) is 15.5 Å². The first-order chi connectivity index (χ1) is 12.4. The molecule has 1 aromatic heterocycles. The van der Waals surface area contributed by atoms with Gasteiger partial charge in [0.2, 0.25) is 5.91 Å². The fourth-order valence-corrected chi connectivity index (χ4v) is 4.78. The van der Waals surface area contributed by atoms with Gasteiger partial charge in [0.25, 0.3) is 10.0 Å². The summed E-state index contributed by atoms with van der Waals surface area (Å²) in [7, 11) is -3.79. The number of hydrogen-bond donors (Lipinski definition) is 4. The first-order valence-electron chi connectivity index (χ1n) is 8.36. The summed E-state index contributed by atoms with van der Waals surface area (Å²) in [6.45, 7) is 0. The molecule has 136 valence electrons. The Morgan fingerprint density at radius 2 is 1.92 bits per heavy atom. The van der Waals surface area contributed by atoms with Gasteiger partial charge >= 0.3 is 0 Å². The molecule has 9 heteroatoms. The second-order valence-electron chi connectivity index (χ2n) is 6.63. The van der Waals surface area contributed by atoms with Crippen molar-refractivity contribution < 1.29 is 13.2 Å². The van der Waals surface area contributed by atoms with E-state index in [1.54, 1.807) is 18.2 Å². The van der Waals surface area contributed by atoms with Gasteiger partial charge < -0.3 is 10.7 Å². The number of pyridine rings is 1. The van der Waals surface area contributed by atoms with Crippen molar-refractivity contribution in [3.63, 3.8) is 0 Å². The molecule has 2 heterocycles. The lowest BCUT2D eigenvalue weighted by molar-refractivity contribution is -0.120. The summed E-state index contributed by atoms with van der Waals surface area (Å²) < 4.78 is 27.8. The third kappa shape index (κ3) is 2.60. The van der Waals surface area contributed by atoms with Gasteiger partial charge in [-0.05, 0) is 48.7 Å². The van der Waals surface area contributed by atoms with Gasteiger partial charge in [-0.25, -0.2) is 19.2 Å². The minimum Gasteiger partial charge on any atom is -0.325 e. The molecule has 1 amide bonds. The molecule has 0 saturated heterocycles. The van der Waals surface area contributed by atoms with E-state index in [-0.39, 0.29) is 10.8 Å². The van der Waals surface area contributed by atoms with Gasteiger partial charge in [-0.15, -0.1) is 0 Å². The number of nitrogens with two attached hydrogens (primary N) is 1. The summed E-state index contributed by atoms with van der Waals surface area (Å²) in [5, 5.41) is 2.92. The van der Waals surface area contributed by atoms with Crippen LogP contribution in [0.5, 0.6) is 0 Å². The Bertz CT molecular complexity index is 966. The maximum atomic E-state index is 12.6. The van der Waals surface area contributed by atoms with Crippen LogP contribution in [0.3, 0.4) is 0 Å². The van der Waals surface area contributed by atoms with Crippen LogP contribution in [0.1, 0.15) is 31.2 Å². The highest BCUT2D eigenvalue weighted by molar-refractivity contribution is 7.92. The summed E-state index contributed by atoms with van der Waals surface area (Å²) in [6.07, 6.45) is 4.81. The number of fused-ring (bicyclic) bond motifs is 2. The normalized spacial score (nSPS) is 17.8. The Morgan fingerprint density at radius 1 is 1.15 bits per heavy atom. The second kappa shape index (κ2) is 5.96.